The monoisotopic (exact) mass is 307 g/mol. The molecule has 1 aromatic heterocycles. The molecule has 2 N–H and O–H groups in total. The summed E-state index contributed by atoms with van der Waals surface area (Å²) >= 11 is 0. The minimum Gasteiger partial charge on any atom is -0.389 e. The second-order valence-electron chi connectivity index (χ2n) is 8.24. The molecule has 1 heterocycles. The van der Waals surface area contributed by atoms with Gasteiger partial charge in [-0.1, -0.05) is 20.8 Å². The van der Waals surface area contributed by atoms with Gasteiger partial charge in [0.25, 0.3) is 0 Å². The van der Waals surface area contributed by atoms with Crippen LogP contribution in [0, 0.1) is 25.2 Å². The fourth-order valence-corrected chi connectivity index (χ4v) is 3.69. The number of nitrogens with zero attached hydrogens (tertiary/aromatic N) is 2. The smallest absolute Gasteiger partial charge is 0.0771 e. The van der Waals surface area contributed by atoms with Gasteiger partial charge in [0.15, 0.2) is 0 Å². The first kappa shape index (κ1) is 17.5. The van der Waals surface area contributed by atoms with Crippen LogP contribution in [0.15, 0.2) is 0 Å². The van der Waals surface area contributed by atoms with Crippen molar-refractivity contribution in [1.29, 1.82) is 0 Å². The number of hydrogen-bond acceptors (Lipinski definition) is 3. The zero-order valence-electron chi connectivity index (χ0n) is 15.2. The maximum absolute atomic E-state index is 10.8. The molecule has 0 amide bonds. The molecule has 2 rings (SSSR count). The average molecular weight is 307 g/mol. The summed E-state index contributed by atoms with van der Waals surface area (Å²) < 4.78 is 1.93. The van der Waals surface area contributed by atoms with Crippen LogP contribution in [-0.2, 0) is 13.6 Å². The predicted molar refractivity (Wildman–Crippen MR) is 90.8 cm³/mol. The number of aryl methyl sites for hydroxylation is 2. The fourth-order valence-electron chi connectivity index (χ4n) is 3.69. The second kappa shape index (κ2) is 6.32. The summed E-state index contributed by atoms with van der Waals surface area (Å²) in [7, 11) is 1.98. The Kier molecular flexibility index (Phi) is 5.03. The number of rotatable bonds is 4. The van der Waals surface area contributed by atoms with Crippen LogP contribution in [0.25, 0.3) is 0 Å². The molecule has 1 aliphatic carbocycles. The van der Waals surface area contributed by atoms with Crippen LogP contribution in [0.2, 0.25) is 0 Å². The van der Waals surface area contributed by atoms with Crippen molar-refractivity contribution in [2.24, 2.45) is 18.4 Å². The van der Waals surface area contributed by atoms with Crippen molar-refractivity contribution in [1.82, 2.24) is 15.1 Å². The zero-order valence-corrected chi connectivity index (χ0v) is 15.2. The van der Waals surface area contributed by atoms with Gasteiger partial charge in [0, 0.05) is 31.4 Å². The number of aromatic nitrogens is 2. The highest BCUT2D eigenvalue weighted by Crippen LogP contribution is 2.41. The molecular weight excluding hydrogens is 274 g/mol. The van der Waals surface area contributed by atoms with Crippen molar-refractivity contribution >= 4 is 0 Å². The third-order valence-electron chi connectivity index (χ3n) is 5.56. The normalized spacial score (nSPS) is 26.4. The van der Waals surface area contributed by atoms with E-state index in [4.69, 9.17) is 0 Å². The minimum absolute atomic E-state index is 0.360. The molecule has 0 spiro atoms. The molecule has 22 heavy (non-hydrogen) atoms. The van der Waals surface area contributed by atoms with Crippen molar-refractivity contribution in [3.05, 3.63) is 17.0 Å². The van der Waals surface area contributed by atoms with E-state index in [1.165, 1.54) is 11.3 Å². The Labute approximate surface area is 135 Å². The third-order valence-corrected chi connectivity index (χ3v) is 5.56. The highest BCUT2D eigenvalue weighted by Gasteiger charge is 2.36. The fraction of sp³-hybridized carbons (Fsp3) is 0.833. The topological polar surface area (TPSA) is 50.1 Å². The Bertz CT molecular complexity index is 505. The van der Waals surface area contributed by atoms with E-state index in [0.29, 0.717) is 12.0 Å². The van der Waals surface area contributed by atoms with Crippen molar-refractivity contribution in [3.8, 4) is 0 Å². The molecule has 0 aliphatic heterocycles. The van der Waals surface area contributed by atoms with E-state index < -0.39 is 5.60 Å². The Morgan fingerprint density at radius 2 is 1.86 bits per heavy atom. The molecule has 0 radical (unpaired) electrons. The van der Waals surface area contributed by atoms with E-state index in [2.05, 4.69) is 38.1 Å². The lowest BCUT2D eigenvalue weighted by Crippen LogP contribution is -2.44. The van der Waals surface area contributed by atoms with Gasteiger partial charge in [-0.05, 0) is 50.9 Å². The molecule has 126 valence electrons. The SMILES string of the molecule is Cc1nn(C)c(C)c1CNCC1(O)CCC(C(C)(C)C)CC1. The molecule has 0 unspecified atom stereocenters. The molecule has 0 bridgehead atoms. The van der Waals surface area contributed by atoms with E-state index in [1.54, 1.807) is 0 Å². The molecule has 1 saturated carbocycles. The Hall–Kier alpha value is -0.870. The lowest BCUT2D eigenvalue weighted by molar-refractivity contribution is -0.0239. The van der Waals surface area contributed by atoms with Crippen molar-refractivity contribution in [3.63, 3.8) is 0 Å². The predicted octanol–water partition coefficient (Wildman–Crippen LogP) is 3.09. The van der Waals surface area contributed by atoms with Crippen LogP contribution in [0.5, 0.6) is 0 Å². The first-order valence-corrected chi connectivity index (χ1v) is 8.54. The summed E-state index contributed by atoms with van der Waals surface area (Å²) in [6, 6.07) is 0. The molecule has 1 fully saturated rings. The van der Waals surface area contributed by atoms with Gasteiger partial charge in [0.05, 0.1) is 11.3 Å². The van der Waals surface area contributed by atoms with Gasteiger partial charge in [-0.2, -0.15) is 5.10 Å². The Morgan fingerprint density at radius 3 is 2.32 bits per heavy atom. The van der Waals surface area contributed by atoms with E-state index >= 15 is 0 Å². The van der Waals surface area contributed by atoms with Crippen LogP contribution >= 0.6 is 0 Å². The second-order valence-corrected chi connectivity index (χ2v) is 8.24. The summed E-state index contributed by atoms with van der Waals surface area (Å²) in [5.74, 6) is 0.732. The van der Waals surface area contributed by atoms with E-state index in [9.17, 15) is 5.11 Å². The quantitative estimate of drug-likeness (QED) is 0.898. The van der Waals surface area contributed by atoms with Gasteiger partial charge < -0.3 is 10.4 Å². The highest BCUT2D eigenvalue weighted by molar-refractivity contribution is 5.24. The lowest BCUT2D eigenvalue weighted by atomic mass is 9.68. The lowest BCUT2D eigenvalue weighted by Gasteiger charge is -2.41. The van der Waals surface area contributed by atoms with Crippen LogP contribution in [0.4, 0.5) is 0 Å². The molecule has 4 heteroatoms. The molecule has 1 aliphatic rings. The van der Waals surface area contributed by atoms with Gasteiger partial charge >= 0.3 is 0 Å². The van der Waals surface area contributed by atoms with E-state index in [0.717, 1.165) is 43.8 Å². The summed E-state index contributed by atoms with van der Waals surface area (Å²) in [4.78, 5) is 0. The van der Waals surface area contributed by atoms with Crippen LogP contribution in [0.1, 0.15) is 63.4 Å². The molecule has 0 aromatic carbocycles. The zero-order chi connectivity index (χ0) is 16.5. The summed E-state index contributed by atoms with van der Waals surface area (Å²) in [5, 5.41) is 18.7. The third kappa shape index (κ3) is 3.90. The van der Waals surface area contributed by atoms with Crippen LogP contribution < -0.4 is 5.32 Å². The van der Waals surface area contributed by atoms with Gasteiger partial charge in [-0.25, -0.2) is 0 Å². The van der Waals surface area contributed by atoms with Crippen molar-refractivity contribution < 1.29 is 5.11 Å². The van der Waals surface area contributed by atoms with Crippen LogP contribution in [-0.4, -0.2) is 27.0 Å². The van der Waals surface area contributed by atoms with Gasteiger partial charge in [-0.3, -0.25) is 4.68 Å². The first-order chi connectivity index (χ1) is 10.1. The molecule has 1 aromatic rings. The standard InChI is InChI=1S/C18H33N3O/c1-13-16(14(2)21(6)20-13)11-19-12-18(22)9-7-15(8-10-18)17(3,4)5/h15,19,22H,7-12H2,1-6H3. The Balaban J connectivity index is 1.85. The van der Waals surface area contributed by atoms with Crippen molar-refractivity contribution in [2.45, 2.75) is 72.4 Å². The summed E-state index contributed by atoms with van der Waals surface area (Å²) in [6.07, 6.45) is 4.08. The molecule has 4 nitrogen and oxygen atoms in total. The van der Waals surface area contributed by atoms with Crippen molar-refractivity contribution in [2.75, 3.05) is 6.54 Å². The largest absolute Gasteiger partial charge is 0.389 e. The van der Waals surface area contributed by atoms with Gasteiger partial charge in [0.1, 0.15) is 0 Å². The van der Waals surface area contributed by atoms with E-state index in [1.807, 2.05) is 18.7 Å². The van der Waals surface area contributed by atoms with Gasteiger partial charge in [0.2, 0.25) is 0 Å². The summed E-state index contributed by atoms with van der Waals surface area (Å²) in [5.41, 5.74) is 3.36. The van der Waals surface area contributed by atoms with Gasteiger partial charge in [-0.15, -0.1) is 0 Å². The number of nitrogens with one attached hydrogen (secondary N) is 1. The number of aliphatic hydroxyl groups is 1. The summed E-state index contributed by atoms with van der Waals surface area (Å²) in [6.45, 7) is 12.6. The average Bonchev–Trinajstić information content (AvgIpc) is 2.64. The Morgan fingerprint density at radius 1 is 1.27 bits per heavy atom. The maximum Gasteiger partial charge on any atom is 0.0771 e. The molecule has 0 atom stereocenters. The number of hydrogen-bond donors (Lipinski definition) is 2. The highest BCUT2D eigenvalue weighted by atomic mass is 16.3. The molecular formula is C18H33N3O. The van der Waals surface area contributed by atoms with Crippen LogP contribution in [0.3, 0.4) is 0 Å². The maximum atomic E-state index is 10.8. The molecule has 0 saturated heterocycles. The first-order valence-electron chi connectivity index (χ1n) is 8.54. The van der Waals surface area contributed by atoms with E-state index in [-0.39, 0.29) is 0 Å². The minimum atomic E-state index is -0.536.